The molecule has 10 heteroatoms. The largest absolute Gasteiger partial charge is 0.469 e. The first-order chi connectivity index (χ1) is 20.9. The number of hydrogen-bond acceptors (Lipinski definition) is 7. The molecule has 2 aliphatic rings. The van der Waals surface area contributed by atoms with Gasteiger partial charge < -0.3 is 18.9 Å². The van der Waals surface area contributed by atoms with E-state index in [-0.39, 0.29) is 23.8 Å². The third-order valence-electron chi connectivity index (χ3n) is 8.63. The van der Waals surface area contributed by atoms with Crippen molar-refractivity contribution in [2.75, 3.05) is 31.6 Å². The number of fused-ring (bicyclic) bond motifs is 2. The fourth-order valence-corrected chi connectivity index (χ4v) is 7.26. The number of rotatable bonds is 5. The standard InChI is InChI=1S/C33H30FN5O3S/c1-20-25-9-13-43-30(25)8-12-39(20)32(40)23-14-27(21-4-3-10-35-16-21)31-36-29(19-38(31)18-23)26-6-5-24(15-28(26)34)37-11-7-22(17-37)33(41)42-2/h3-6,9-10,13-16,18-20,22H,7-8,11-12,17H2,1-2H3/t20-,22+/m1/s1. The van der Waals surface area contributed by atoms with E-state index < -0.39 is 5.82 Å². The van der Waals surface area contributed by atoms with E-state index in [1.165, 1.54) is 23.6 Å². The number of hydrogen-bond donors (Lipinski definition) is 0. The van der Waals surface area contributed by atoms with Crippen LogP contribution >= 0.6 is 11.3 Å². The fourth-order valence-electron chi connectivity index (χ4n) is 6.29. The smallest absolute Gasteiger partial charge is 0.310 e. The van der Waals surface area contributed by atoms with E-state index in [2.05, 4.69) is 23.4 Å². The fraction of sp³-hybridized carbons (Fsp3) is 0.273. The van der Waals surface area contributed by atoms with Crippen LogP contribution in [0.3, 0.4) is 0 Å². The van der Waals surface area contributed by atoms with Gasteiger partial charge in [0.1, 0.15) is 11.5 Å². The number of carbonyl (C=O) groups excluding carboxylic acids is 2. The van der Waals surface area contributed by atoms with E-state index in [0.29, 0.717) is 54.2 Å². The summed E-state index contributed by atoms with van der Waals surface area (Å²) < 4.78 is 22.3. The summed E-state index contributed by atoms with van der Waals surface area (Å²) in [6, 6.07) is 12.8. The molecule has 43 heavy (non-hydrogen) atoms. The number of imidazole rings is 1. The first kappa shape index (κ1) is 27.3. The van der Waals surface area contributed by atoms with E-state index in [9.17, 15) is 9.59 Å². The van der Waals surface area contributed by atoms with Gasteiger partial charge in [-0.25, -0.2) is 9.37 Å². The normalized spacial score (nSPS) is 18.2. The van der Waals surface area contributed by atoms with E-state index in [4.69, 9.17) is 9.72 Å². The van der Waals surface area contributed by atoms with Crippen molar-refractivity contribution in [3.05, 3.63) is 94.5 Å². The maximum absolute atomic E-state index is 15.6. The molecule has 4 aromatic heterocycles. The SMILES string of the molecule is COC(=O)[C@H]1CCN(c2ccc(-c3cn4cc(C(=O)N5CCc6sccc6[C@H]5C)cc(-c5cccnc5)c4n3)c(F)c2)C1. The third-order valence-corrected chi connectivity index (χ3v) is 9.62. The van der Waals surface area contributed by atoms with E-state index in [1.54, 1.807) is 42.2 Å². The Kier molecular flexibility index (Phi) is 6.93. The van der Waals surface area contributed by atoms with Crippen LogP contribution in [0.2, 0.25) is 0 Å². The minimum absolute atomic E-state index is 0.0236. The predicted octanol–water partition coefficient (Wildman–Crippen LogP) is 6.02. The number of thiophene rings is 1. The molecular formula is C33H30FN5O3S. The minimum Gasteiger partial charge on any atom is -0.469 e. The molecule has 218 valence electrons. The lowest BCUT2D eigenvalue weighted by Gasteiger charge is -2.33. The van der Waals surface area contributed by atoms with Gasteiger partial charge >= 0.3 is 5.97 Å². The van der Waals surface area contributed by atoms with Crippen LogP contribution in [0.25, 0.3) is 28.0 Å². The summed E-state index contributed by atoms with van der Waals surface area (Å²) in [7, 11) is 1.39. The quantitative estimate of drug-likeness (QED) is 0.231. The second kappa shape index (κ2) is 10.9. The molecule has 0 radical (unpaired) electrons. The number of halogens is 1. The zero-order valence-corrected chi connectivity index (χ0v) is 24.7. The molecule has 0 saturated carbocycles. The van der Waals surface area contributed by atoms with Gasteiger partial charge in [-0.05, 0) is 67.1 Å². The molecule has 6 heterocycles. The highest BCUT2D eigenvalue weighted by Crippen LogP contribution is 2.36. The summed E-state index contributed by atoms with van der Waals surface area (Å²) in [6.45, 7) is 3.87. The average molecular weight is 596 g/mol. The number of nitrogens with zero attached hydrogens (tertiary/aromatic N) is 5. The summed E-state index contributed by atoms with van der Waals surface area (Å²) >= 11 is 1.74. The first-order valence-electron chi connectivity index (χ1n) is 14.3. The predicted molar refractivity (Wildman–Crippen MR) is 164 cm³/mol. The highest BCUT2D eigenvalue weighted by atomic mass is 32.1. The summed E-state index contributed by atoms with van der Waals surface area (Å²) in [5.74, 6) is -0.917. The zero-order chi connectivity index (χ0) is 29.7. The van der Waals surface area contributed by atoms with Crippen LogP contribution < -0.4 is 4.90 Å². The molecule has 0 unspecified atom stereocenters. The summed E-state index contributed by atoms with van der Waals surface area (Å²) in [4.78, 5) is 40.3. The van der Waals surface area contributed by atoms with Gasteiger partial charge in [0.25, 0.3) is 5.91 Å². The van der Waals surface area contributed by atoms with Crippen molar-refractivity contribution in [1.82, 2.24) is 19.3 Å². The molecule has 0 bridgehead atoms. The van der Waals surface area contributed by atoms with Gasteiger partial charge in [-0.2, -0.15) is 0 Å². The molecule has 1 saturated heterocycles. The minimum atomic E-state index is -0.407. The zero-order valence-electron chi connectivity index (χ0n) is 23.9. The molecule has 0 spiro atoms. The van der Waals surface area contributed by atoms with Gasteiger partial charge in [0.05, 0.1) is 30.3 Å². The number of anilines is 1. The number of methoxy groups -OCH3 is 1. The van der Waals surface area contributed by atoms with E-state index in [0.717, 1.165) is 17.5 Å². The second-order valence-electron chi connectivity index (χ2n) is 11.1. The van der Waals surface area contributed by atoms with Crippen molar-refractivity contribution in [2.45, 2.75) is 25.8 Å². The van der Waals surface area contributed by atoms with Gasteiger partial charge in [0.2, 0.25) is 0 Å². The lowest BCUT2D eigenvalue weighted by Crippen LogP contribution is -2.38. The van der Waals surface area contributed by atoms with Gasteiger partial charge in [0.15, 0.2) is 0 Å². The Balaban J connectivity index is 1.25. The Labute approximate surface area is 252 Å². The number of pyridine rings is 2. The van der Waals surface area contributed by atoms with Crippen molar-refractivity contribution >= 4 is 34.5 Å². The van der Waals surface area contributed by atoms with Crippen molar-refractivity contribution in [1.29, 1.82) is 0 Å². The van der Waals surface area contributed by atoms with Gasteiger partial charge in [-0.1, -0.05) is 6.07 Å². The molecule has 1 aromatic carbocycles. The highest BCUT2D eigenvalue weighted by molar-refractivity contribution is 7.10. The van der Waals surface area contributed by atoms with E-state index in [1.807, 2.05) is 38.5 Å². The monoisotopic (exact) mass is 595 g/mol. The van der Waals surface area contributed by atoms with E-state index >= 15 is 4.39 Å². The molecule has 0 aliphatic carbocycles. The Morgan fingerprint density at radius 3 is 2.77 bits per heavy atom. The third kappa shape index (κ3) is 4.85. The topological polar surface area (TPSA) is 80.0 Å². The molecule has 0 N–H and O–H groups in total. The number of amides is 1. The Bertz CT molecular complexity index is 1850. The maximum Gasteiger partial charge on any atom is 0.310 e. The molecule has 2 atom stereocenters. The van der Waals surface area contributed by atoms with Crippen LogP contribution in [0.1, 0.15) is 40.2 Å². The number of ether oxygens (including phenoxy) is 1. The van der Waals surface area contributed by atoms with Crippen molar-refractivity contribution in [3.8, 4) is 22.4 Å². The summed E-state index contributed by atoms with van der Waals surface area (Å²) in [6.07, 6.45) is 8.51. The second-order valence-corrected chi connectivity index (χ2v) is 12.1. The van der Waals surface area contributed by atoms with Crippen LogP contribution in [0.5, 0.6) is 0 Å². The number of benzene rings is 1. The number of carbonyl (C=O) groups is 2. The van der Waals surface area contributed by atoms with Crippen LogP contribution in [0, 0.1) is 11.7 Å². The lowest BCUT2D eigenvalue weighted by molar-refractivity contribution is -0.144. The Hall–Kier alpha value is -4.57. The molecule has 1 amide bonds. The summed E-state index contributed by atoms with van der Waals surface area (Å²) in [5.41, 5.74) is 5.44. The molecule has 8 nitrogen and oxygen atoms in total. The molecule has 5 aromatic rings. The highest BCUT2D eigenvalue weighted by Gasteiger charge is 2.31. The summed E-state index contributed by atoms with van der Waals surface area (Å²) in [5, 5.41) is 2.09. The van der Waals surface area contributed by atoms with Crippen molar-refractivity contribution < 1.29 is 18.7 Å². The van der Waals surface area contributed by atoms with Crippen LogP contribution in [-0.2, 0) is 16.0 Å². The molecule has 1 fully saturated rings. The Morgan fingerprint density at radius 1 is 1.09 bits per heavy atom. The molecule has 7 rings (SSSR count). The Morgan fingerprint density at radius 2 is 1.98 bits per heavy atom. The first-order valence-corrected chi connectivity index (χ1v) is 15.2. The molecule has 2 aliphatic heterocycles. The van der Waals surface area contributed by atoms with Crippen molar-refractivity contribution in [2.24, 2.45) is 5.92 Å². The number of esters is 1. The van der Waals surface area contributed by atoms with Gasteiger partial charge in [-0.3, -0.25) is 14.6 Å². The molecular weight excluding hydrogens is 565 g/mol. The van der Waals surface area contributed by atoms with Crippen LogP contribution in [0.15, 0.2) is 72.6 Å². The van der Waals surface area contributed by atoms with Crippen molar-refractivity contribution in [3.63, 3.8) is 0 Å². The average Bonchev–Trinajstić information content (AvgIpc) is 3.80. The van der Waals surface area contributed by atoms with Gasteiger partial charge in [-0.15, -0.1) is 11.3 Å². The van der Waals surface area contributed by atoms with Gasteiger partial charge in [0, 0.05) is 71.7 Å². The number of aromatic nitrogens is 3. The lowest BCUT2D eigenvalue weighted by atomic mass is 10.00. The van der Waals surface area contributed by atoms with Crippen LogP contribution in [0.4, 0.5) is 10.1 Å². The maximum atomic E-state index is 15.6. The van der Waals surface area contributed by atoms with Crippen LogP contribution in [-0.4, -0.2) is 57.9 Å².